The average Bonchev–Trinajstić information content (AvgIpc) is 2.88. The van der Waals surface area contributed by atoms with Crippen LogP contribution in [-0.2, 0) is 6.42 Å². The molecule has 0 saturated heterocycles. The van der Waals surface area contributed by atoms with Gasteiger partial charge in [0.05, 0.1) is 5.39 Å². The summed E-state index contributed by atoms with van der Waals surface area (Å²) >= 11 is 1.59. The smallest absolute Gasteiger partial charge is 0.163 e. The number of benzene rings is 1. The first-order valence-corrected chi connectivity index (χ1v) is 6.76. The van der Waals surface area contributed by atoms with Gasteiger partial charge in [0.2, 0.25) is 0 Å². The van der Waals surface area contributed by atoms with Crippen LogP contribution in [0.5, 0.6) is 0 Å². The van der Waals surface area contributed by atoms with Crippen LogP contribution < -0.4 is 5.73 Å². The van der Waals surface area contributed by atoms with Gasteiger partial charge in [-0.05, 0) is 23.4 Å². The van der Waals surface area contributed by atoms with E-state index in [1.807, 2.05) is 23.6 Å². The van der Waals surface area contributed by atoms with Gasteiger partial charge in [-0.2, -0.15) is 0 Å². The summed E-state index contributed by atoms with van der Waals surface area (Å²) in [5.41, 5.74) is 8.27. The Morgan fingerprint density at radius 3 is 2.61 bits per heavy atom. The van der Waals surface area contributed by atoms with Crippen molar-refractivity contribution in [1.82, 2.24) is 9.97 Å². The number of nitrogens with two attached hydrogens (primary N) is 1. The second kappa shape index (κ2) is 4.38. The van der Waals surface area contributed by atoms with Crippen molar-refractivity contribution in [1.29, 1.82) is 0 Å². The minimum atomic E-state index is 0.552. The van der Waals surface area contributed by atoms with Crippen molar-refractivity contribution in [2.24, 2.45) is 0 Å². The van der Waals surface area contributed by atoms with Crippen molar-refractivity contribution in [2.45, 2.75) is 13.3 Å². The number of thiophene rings is 1. The Kier molecular flexibility index (Phi) is 2.72. The molecule has 1 aromatic carbocycles. The molecule has 2 N–H and O–H groups in total. The van der Waals surface area contributed by atoms with E-state index in [9.17, 15) is 0 Å². The molecule has 90 valence electrons. The van der Waals surface area contributed by atoms with Gasteiger partial charge in [-0.25, -0.2) is 9.97 Å². The number of hydrogen-bond donors (Lipinski definition) is 1. The lowest BCUT2D eigenvalue weighted by molar-refractivity contribution is 1.14. The molecule has 0 amide bonds. The highest BCUT2D eigenvalue weighted by Crippen LogP contribution is 2.26. The summed E-state index contributed by atoms with van der Waals surface area (Å²) in [6.45, 7) is 2.14. The zero-order valence-corrected chi connectivity index (χ0v) is 10.9. The Morgan fingerprint density at radius 1 is 1.11 bits per heavy atom. The van der Waals surface area contributed by atoms with Crippen molar-refractivity contribution >= 4 is 27.4 Å². The molecule has 0 saturated carbocycles. The molecule has 0 aliphatic heterocycles. The van der Waals surface area contributed by atoms with E-state index in [-0.39, 0.29) is 0 Å². The molecule has 18 heavy (non-hydrogen) atoms. The summed E-state index contributed by atoms with van der Waals surface area (Å²) in [4.78, 5) is 9.86. The third kappa shape index (κ3) is 1.84. The number of fused-ring (bicyclic) bond motifs is 1. The number of rotatable bonds is 2. The third-order valence-electron chi connectivity index (χ3n) is 2.97. The van der Waals surface area contributed by atoms with Gasteiger partial charge in [0.15, 0.2) is 5.82 Å². The number of anilines is 1. The zero-order valence-electron chi connectivity index (χ0n) is 10.1. The molecule has 4 heteroatoms. The van der Waals surface area contributed by atoms with E-state index >= 15 is 0 Å². The Labute approximate surface area is 109 Å². The molecule has 2 heterocycles. The largest absolute Gasteiger partial charge is 0.383 e. The number of hydrogen-bond acceptors (Lipinski definition) is 4. The minimum absolute atomic E-state index is 0.552. The molecule has 0 atom stereocenters. The van der Waals surface area contributed by atoms with Gasteiger partial charge in [0.1, 0.15) is 10.6 Å². The first kappa shape index (κ1) is 11.2. The maximum atomic E-state index is 5.95. The van der Waals surface area contributed by atoms with Crippen LogP contribution in [0.3, 0.4) is 0 Å². The van der Waals surface area contributed by atoms with Crippen LogP contribution in [0.2, 0.25) is 0 Å². The van der Waals surface area contributed by atoms with Crippen LogP contribution in [0.15, 0.2) is 35.7 Å². The molecular weight excluding hydrogens is 242 g/mol. The Morgan fingerprint density at radius 2 is 1.89 bits per heavy atom. The topological polar surface area (TPSA) is 51.8 Å². The van der Waals surface area contributed by atoms with Crippen LogP contribution in [0.1, 0.15) is 12.5 Å². The lowest BCUT2D eigenvalue weighted by atomic mass is 10.1. The number of nitrogen functional groups attached to an aromatic ring is 1. The number of aromatic nitrogens is 2. The maximum absolute atomic E-state index is 5.95. The minimum Gasteiger partial charge on any atom is -0.383 e. The van der Waals surface area contributed by atoms with Gasteiger partial charge in [-0.1, -0.05) is 31.2 Å². The van der Waals surface area contributed by atoms with Gasteiger partial charge in [-0.15, -0.1) is 11.3 Å². The molecule has 0 aliphatic carbocycles. The second-order valence-corrected chi connectivity index (χ2v) is 5.02. The molecule has 0 fully saturated rings. The normalized spacial score (nSPS) is 10.9. The molecule has 3 nitrogen and oxygen atoms in total. The summed E-state index contributed by atoms with van der Waals surface area (Å²) in [5.74, 6) is 1.25. The van der Waals surface area contributed by atoms with E-state index in [1.54, 1.807) is 11.3 Å². The molecule has 0 spiro atoms. The zero-order chi connectivity index (χ0) is 12.5. The molecule has 0 radical (unpaired) electrons. The summed E-state index contributed by atoms with van der Waals surface area (Å²) in [7, 11) is 0. The SMILES string of the molecule is CCc1ccc(-c2nc(N)c3ccsc3n2)cc1. The van der Waals surface area contributed by atoms with Crippen molar-refractivity contribution in [3.05, 3.63) is 41.3 Å². The van der Waals surface area contributed by atoms with E-state index in [2.05, 4.69) is 29.0 Å². The Bertz CT molecular complexity index is 686. The van der Waals surface area contributed by atoms with Crippen molar-refractivity contribution in [3.8, 4) is 11.4 Å². The van der Waals surface area contributed by atoms with E-state index in [0.29, 0.717) is 11.6 Å². The highest BCUT2D eigenvalue weighted by atomic mass is 32.1. The van der Waals surface area contributed by atoms with Crippen molar-refractivity contribution in [2.75, 3.05) is 5.73 Å². The van der Waals surface area contributed by atoms with E-state index < -0.39 is 0 Å². The fourth-order valence-corrected chi connectivity index (χ4v) is 2.67. The van der Waals surface area contributed by atoms with E-state index in [1.165, 1.54) is 5.56 Å². The van der Waals surface area contributed by atoms with Crippen LogP contribution in [-0.4, -0.2) is 9.97 Å². The lowest BCUT2D eigenvalue weighted by Crippen LogP contribution is -1.96. The van der Waals surface area contributed by atoms with Crippen LogP contribution >= 0.6 is 11.3 Å². The quantitative estimate of drug-likeness (QED) is 0.762. The molecule has 3 rings (SSSR count). The molecule has 0 aliphatic rings. The fraction of sp³-hybridized carbons (Fsp3) is 0.143. The first-order chi connectivity index (χ1) is 8.78. The maximum Gasteiger partial charge on any atom is 0.163 e. The lowest BCUT2D eigenvalue weighted by Gasteiger charge is -2.03. The standard InChI is InChI=1S/C14H13N3S/c1-2-9-3-5-10(6-4-9)13-16-12(15)11-7-8-18-14(11)17-13/h3-8H,2H2,1H3,(H2,15,16,17). The molecule has 0 bridgehead atoms. The molecule has 3 aromatic rings. The molecule has 2 aromatic heterocycles. The van der Waals surface area contributed by atoms with Crippen molar-refractivity contribution < 1.29 is 0 Å². The predicted molar refractivity (Wildman–Crippen MR) is 76.6 cm³/mol. The van der Waals surface area contributed by atoms with Crippen LogP contribution in [0, 0.1) is 0 Å². The fourth-order valence-electron chi connectivity index (χ4n) is 1.90. The van der Waals surface area contributed by atoms with Crippen molar-refractivity contribution in [3.63, 3.8) is 0 Å². The number of aryl methyl sites for hydroxylation is 1. The highest BCUT2D eigenvalue weighted by Gasteiger charge is 2.07. The highest BCUT2D eigenvalue weighted by molar-refractivity contribution is 7.16. The number of nitrogens with zero attached hydrogens (tertiary/aromatic N) is 2. The Balaban J connectivity index is 2.12. The van der Waals surface area contributed by atoms with Gasteiger partial charge < -0.3 is 5.73 Å². The van der Waals surface area contributed by atoms with Crippen LogP contribution in [0.4, 0.5) is 5.82 Å². The molecule has 0 unspecified atom stereocenters. The summed E-state index contributed by atoms with van der Waals surface area (Å²) in [6.07, 6.45) is 1.03. The summed E-state index contributed by atoms with van der Waals surface area (Å²) in [5, 5.41) is 2.92. The monoisotopic (exact) mass is 255 g/mol. The summed E-state index contributed by atoms with van der Waals surface area (Å²) < 4.78 is 0. The predicted octanol–water partition coefficient (Wildman–Crippen LogP) is 3.50. The molecular formula is C14H13N3S. The van der Waals surface area contributed by atoms with E-state index in [4.69, 9.17) is 5.73 Å². The van der Waals surface area contributed by atoms with Gasteiger partial charge in [0.25, 0.3) is 0 Å². The van der Waals surface area contributed by atoms with Gasteiger partial charge in [0, 0.05) is 5.56 Å². The first-order valence-electron chi connectivity index (χ1n) is 5.88. The van der Waals surface area contributed by atoms with Crippen LogP contribution in [0.25, 0.3) is 21.6 Å². The summed E-state index contributed by atoms with van der Waals surface area (Å²) in [6, 6.07) is 10.3. The second-order valence-electron chi connectivity index (χ2n) is 4.12. The van der Waals surface area contributed by atoms with Gasteiger partial charge in [-0.3, -0.25) is 0 Å². The Hall–Kier alpha value is -1.94. The van der Waals surface area contributed by atoms with E-state index in [0.717, 1.165) is 22.2 Å². The third-order valence-corrected chi connectivity index (χ3v) is 3.78. The van der Waals surface area contributed by atoms with Gasteiger partial charge >= 0.3 is 0 Å². The average molecular weight is 255 g/mol.